The molecule has 1 fully saturated rings. The molecule has 1 saturated heterocycles. The van der Waals surface area contributed by atoms with Crippen LogP contribution in [0.15, 0.2) is 30.3 Å². The Bertz CT molecular complexity index is 603. The quantitative estimate of drug-likeness (QED) is 0.631. The summed E-state index contributed by atoms with van der Waals surface area (Å²) >= 11 is 0. The second-order valence-electron chi connectivity index (χ2n) is 6.16. The number of amides is 2. The van der Waals surface area contributed by atoms with E-state index < -0.39 is 24.1 Å². The zero-order valence-electron chi connectivity index (χ0n) is 13.7. The van der Waals surface area contributed by atoms with Crippen LogP contribution < -0.4 is 16.2 Å². The fraction of sp³-hybridized carbons (Fsp3) is 0.471. The zero-order valence-corrected chi connectivity index (χ0v) is 13.7. The molecule has 3 atom stereocenters. The number of hydrogen-bond acceptors (Lipinski definition) is 4. The van der Waals surface area contributed by atoms with Crippen molar-refractivity contribution in [3.8, 4) is 0 Å². The summed E-state index contributed by atoms with van der Waals surface area (Å²) in [5.74, 6) is -1.98. The van der Waals surface area contributed by atoms with Gasteiger partial charge in [-0.25, -0.2) is 0 Å². The molecule has 1 heterocycles. The van der Waals surface area contributed by atoms with Gasteiger partial charge in [-0.1, -0.05) is 30.3 Å². The van der Waals surface area contributed by atoms with Crippen molar-refractivity contribution in [1.29, 1.82) is 0 Å². The summed E-state index contributed by atoms with van der Waals surface area (Å²) in [7, 11) is 0. The molecule has 0 radical (unpaired) electrons. The van der Waals surface area contributed by atoms with Crippen molar-refractivity contribution in [3.05, 3.63) is 35.9 Å². The number of likely N-dealkylation sites (tertiary alicyclic amines) is 1. The normalized spacial score (nSPS) is 19.6. The Hall–Kier alpha value is -2.41. The Kier molecular flexibility index (Phi) is 5.92. The minimum atomic E-state index is -1.25. The number of benzene rings is 1. The largest absolute Gasteiger partial charge is 0.548 e. The van der Waals surface area contributed by atoms with Gasteiger partial charge in [-0.05, 0) is 25.3 Å². The van der Waals surface area contributed by atoms with Crippen LogP contribution in [0.4, 0.5) is 0 Å². The number of aliphatic carboxylic acids is 1. The van der Waals surface area contributed by atoms with Crippen LogP contribution in [-0.2, 0) is 20.8 Å². The van der Waals surface area contributed by atoms with Gasteiger partial charge < -0.3 is 25.9 Å². The summed E-state index contributed by atoms with van der Waals surface area (Å²) in [6.45, 7) is 2.00. The number of hydrogen-bond donors (Lipinski definition) is 2. The molecule has 1 aromatic carbocycles. The summed E-state index contributed by atoms with van der Waals surface area (Å²) in [6, 6.07) is 7.04. The van der Waals surface area contributed by atoms with Crippen LogP contribution in [0.2, 0.25) is 0 Å². The first-order valence-corrected chi connectivity index (χ1v) is 8.09. The van der Waals surface area contributed by atoms with Gasteiger partial charge in [0, 0.05) is 13.0 Å². The van der Waals surface area contributed by atoms with Crippen molar-refractivity contribution in [1.82, 2.24) is 10.2 Å². The molecular formula is C17H23N3O4. The molecule has 0 aliphatic carbocycles. The smallest absolute Gasteiger partial charge is 0.278 e. The van der Waals surface area contributed by atoms with Crippen LogP contribution >= 0.6 is 0 Å². The topological polar surface area (TPSA) is 117 Å². The van der Waals surface area contributed by atoms with Gasteiger partial charge in [0.15, 0.2) is 6.04 Å². The van der Waals surface area contributed by atoms with Crippen LogP contribution in [0.3, 0.4) is 0 Å². The van der Waals surface area contributed by atoms with Crippen molar-refractivity contribution in [2.24, 2.45) is 0 Å². The molecule has 1 aliphatic rings. The van der Waals surface area contributed by atoms with Gasteiger partial charge in [0.25, 0.3) is 5.91 Å². The predicted octanol–water partition coefficient (Wildman–Crippen LogP) is -1.91. The van der Waals surface area contributed by atoms with Crippen molar-refractivity contribution < 1.29 is 25.2 Å². The number of nitrogens with one attached hydrogen (secondary N) is 1. The van der Waals surface area contributed by atoms with E-state index in [1.54, 1.807) is 6.92 Å². The van der Waals surface area contributed by atoms with Crippen molar-refractivity contribution in [3.63, 3.8) is 0 Å². The molecule has 1 aliphatic heterocycles. The van der Waals surface area contributed by atoms with E-state index in [0.717, 1.165) is 5.56 Å². The molecule has 0 spiro atoms. The fourth-order valence-corrected chi connectivity index (χ4v) is 2.84. The molecule has 0 aromatic heterocycles. The first-order valence-electron chi connectivity index (χ1n) is 8.09. The molecular weight excluding hydrogens is 310 g/mol. The lowest BCUT2D eigenvalue weighted by Crippen LogP contribution is -2.67. The zero-order chi connectivity index (χ0) is 17.7. The van der Waals surface area contributed by atoms with E-state index in [4.69, 9.17) is 0 Å². The monoisotopic (exact) mass is 333 g/mol. The van der Waals surface area contributed by atoms with Gasteiger partial charge in [-0.2, -0.15) is 0 Å². The number of carboxylic acids is 1. The molecule has 4 N–H and O–H groups in total. The first kappa shape index (κ1) is 17.9. The lowest BCUT2D eigenvalue weighted by Gasteiger charge is -2.30. The SMILES string of the molecule is C[C@H]([NH3+])C(=O)N[C@@H](Cc1ccccc1)C(=O)N1CCC[C@H]1C(=O)[O-]. The Morgan fingerprint density at radius 3 is 2.58 bits per heavy atom. The molecule has 7 heteroatoms. The van der Waals surface area contributed by atoms with Gasteiger partial charge in [-0.15, -0.1) is 0 Å². The number of carboxylic acid groups (broad SMARTS) is 1. The van der Waals surface area contributed by atoms with Gasteiger partial charge in [-0.3, -0.25) is 9.59 Å². The third-order valence-corrected chi connectivity index (χ3v) is 4.15. The van der Waals surface area contributed by atoms with E-state index in [9.17, 15) is 19.5 Å². The Balaban J connectivity index is 2.19. The van der Waals surface area contributed by atoms with Crippen LogP contribution in [0.25, 0.3) is 0 Å². The average molecular weight is 333 g/mol. The standard InChI is InChI=1S/C17H23N3O4/c1-11(18)15(21)19-13(10-12-6-3-2-4-7-12)16(22)20-9-5-8-14(20)17(23)24/h2-4,6-7,11,13-14H,5,8-10,18H2,1H3,(H,19,21)(H,23,24)/t11-,13-,14-/m0/s1. The molecule has 0 unspecified atom stereocenters. The average Bonchev–Trinajstić information content (AvgIpc) is 3.04. The number of rotatable bonds is 6. The van der Waals surface area contributed by atoms with Crippen molar-refractivity contribution in [2.45, 2.75) is 44.3 Å². The van der Waals surface area contributed by atoms with Gasteiger partial charge in [0.1, 0.15) is 6.04 Å². The van der Waals surface area contributed by atoms with Crippen LogP contribution in [0.1, 0.15) is 25.3 Å². The number of nitrogens with zero attached hydrogens (tertiary/aromatic N) is 1. The van der Waals surface area contributed by atoms with Gasteiger partial charge in [0.05, 0.1) is 12.0 Å². The Morgan fingerprint density at radius 2 is 2.00 bits per heavy atom. The summed E-state index contributed by atoms with van der Waals surface area (Å²) < 4.78 is 0. The van der Waals surface area contributed by atoms with Crippen LogP contribution in [0.5, 0.6) is 0 Å². The van der Waals surface area contributed by atoms with E-state index in [1.165, 1.54) is 4.90 Å². The van der Waals surface area contributed by atoms with Gasteiger partial charge >= 0.3 is 0 Å². The minimum absolute atomic E-state index is 0.300. The van der Waals surface area contributed by atoms with Crippen molar-refractivity contribution >= 4 is 17.8 Å². The van der Waals surface area contributed by atoms with Crippen molar-refractivity contribution in [2.75, 3.05) is 6.54 Å². The summed E-state index contributed by atoms with van der Waals surface area (Å²) in [6.07, 6.45) is 1.29. The van der Waals surface area contributed by atoms with E-state index in [0.29, 0.717) is 25.8 Å². The third kappa shape index (κ3) is 4.32. The van der Waals surface area contributed by atoms with E-state index >= 15 is 0 Å². The summed E-state index contributed by atoms with van der Waals surface area (Å²) in [4.78, 5) is 37.4. The highest BCUT2D eigenvalue weighted by molar-refractivity contribution is 5.91. The maximum absolute atomic E-state index is 12.8. The maximum atomic E-state index is 12.8. The molecule has 0 saturated carbocycles. The number of carbonyl (C=O) groups excluding carboxylic acids is 3. The fourth-order valence-electron chi connectivity index (χ4n) is 2.84. The highest BCUT2D eigenvalue weighted by Gasteiger charge is 2.35. The first-order chi connectivity index (χ1) is 11.4. The highest BCUT2D eigenvalue weighted by Crippen LogP contribution is 2.19. The Morgan fingerprint density at radius 1 is 1.33 bits per heavy atom. The summed E-state index contributed by atoms with van der Waals surface area (Å²) in [5, 5.41) is 13.9. The minimum Gasteiger partial charge on any atom is -0.548 e. The molecule has 2 rings (SSSR count). The molecule has 24 heavy (non-hydrogen) atoms. The number of quaternary nitrogens is 1. The summed E-state index contributed by atoms with van der Waals surface area (Å²) in [5.41, 5.74) is 4.54. The van der Waals surface area contributed by atoms with E-state index in [1.807, 2.05) is 30.3 Å². The number of carbonyl (C=O) groups is 3. The third-order valence-electron chi connectivity index (χ3n) is 4.15. The van der Waals surface area contributed by atoms with Crippen LogP contribution in [-0.4, -0.2) is 47.4 Å². The van der Waals surface area contributed by atoms with E-state index in [-0.39, 0.29) is 11.8 Å². The highest BCUT2D eigenvalue weighted by atomic mass is 16.4. The Labute approximate surface area is 140 Å². The lowest BCUT2D eigenvalue weighted by atomic mass is 10.0. The predicted molar refractivity (Wildman–Crippen MR) is 84.2 cm³/mol. The molecule has 2 amide bonds. The van der Waals surface area contributed by atoms with Gasteiger partial charge in [0.2, 0.25) is 5.91 Å². The second kappa shape index (κ2) is 7.92. The second-order valence-corrected chi connectivity index (χ2v) is 6.16. The van der Waals surface area contributed by atoms with E-state index in [2.05, 4.69) is 11.1 Å². The molecule has 0 bridgehead atoms. The lowest BCUT2D eigenvalue weighted by molar-refractivity contribution is -0.398. The molecule has 1 aromatic rings. The molecule has 130 valence electrons. The maximum Gasteiger partial charge on any atom is 0.278 e. The molecule has 7 nitrogen and oxygen atoms in total. The van der Waals surface area contributed by atoms with Crippen LogP contribution in [0, 0.1) is 0 Å².